The molecule has 2 aliphatic rings. The molecule has 0 aliphatic carbocycles. The van der Waals surface area contributed by atoms with E-state index < -0.39 is 0 Å². The Kier molecular flexibility index (Phi) is 4.67. The molecule has 0 bridgehead atoms. The summed E-state index contributed by atoms with van der Waals surface area (Å²) < 4.78 is 5.68. The van der Waals surface area contributed by atoms with Gasteiger partial charge in [-0.05, 0) is 44.6 Å². The average molecular weight is 302 g/mol. The highest BCUT2D eigenvalue weighted by molar-refractivity contribution is 5.74. The number of piperidine rings is 1. The van der Waals surface area contributed by atoms with Crippen LogP contribution in [0.15, 0.2) is 24.3 Å². The first kappa shape index (κ1) is 15.3. The zero-order chi connectivity index (χ0) is 15.4. The van der Waals surface area contributed by atoms with Gasteiger partial charge in [0.15, 0.2) is 0 Å². The minimum absolute atomic E-state index is 0.0816. The summed E-state index contributed by atoms with van der Waals surface area (Å²) in [5.41, 5.74) is 2.74. The van der Waals surface area contributed by atoms with Gasteiger partial charge in [0.2, 0.25) is 0 Å². The number of likely N-dealkylation sites (tertiary alicyclic amines) is 1. The van der Waals surface area contributed by atoms with Crippen molar-refractivity contribution in [1.29, 1.82) is 0 Å². The highest BCUT2D eigenvalue weighted by Gasteiger charge is 2.41. The molecule has 3 rings (SSSR count). The quantitative estimate of drug-likeness (QED) is 0.869. The number of ether oxygens (including phenoxy) is 1. The fourth-order valence-corrected chi connectivity index (χ4v) is 3.26. The first-order valence-electron chi connectivity index (χ1n) is 8.39. The molecular weight excluding hydrogens is 276 g/mol. The number of nitrogens with one attached hydrogen (secondary N) is 1. The first-order chi connectivity index (χ1) is 10.7. The second-order valence-electron chi connectivity index (χ2n) is 6.59. The van der Waals surface area contributed by atoms with Gasteiger partial charge in [0, 0.05) is 19.6 Å². The Morgan fingerprint density at radius 2 is 1.91 bits per heavy atom. The standard InChI is InChI=1S/C18H26N2O2/c1-15-4-6-16(7-5-15)3-2-11-19-17(21)20-12-8-18(9-13-20)10-14-22-18/h4-7H,2-3,8-14H2,1H3,(H,19,21). The number of benzene rings is 1. The molecule has 120 valence electrons. The van der Waals surface area contributed by atoms with E-state index in [4.69, 9.17) is 4.74 Å². The van der Waals surface area contributed by atoms with Crippen LogP contribution in [0, 0.1) is 6.92 Å². The third-order valence-corrected chi connectivity index (χ3v) is 4.97. The van der Waals surface area contributed by atoms with Crippen molar-refractivity contribution >= 4 is 6.03 Å². The van der Waals surface area contributed by atoms with Crippen LogP contribution in [0.3, 0.4) is 0 Å². The molecule has 2 heterocycles. The molecule has 4 heteroatoms. The predicted octanol–water partition coefficient (Wildman–Crippen LogP) is 2.89. The molecule has 0 aromatic heterocycles. The third kappa shape index (κ3) is 3.61. The van der Waals surface area contributed by atoms with Crippen molar-refractivity contribution in [2.75, 3.05) is 26.2 Å². The van der Waals surface area contributed by atoms with Crippen LogP contribution in [-0.2, 0) is 11.2 Å². The molecule has 22 heavy (non-hydrogen) atoms. The highest BCUT2D eigenvalue weighted by Crippen LogP contribution is 2.36. The number of hydrogen-bond donors (Lipinski definition) is 1. The maximum absolute atomic E-state index is 12.1. The minimum atomic E-state index is 0.0816. The monoisotopic (exact) mass is 302 g/mol. The Bertz CT molecular complexity index is 498. The number of urea groups is 1. The molecule has 4 nitrogen and oxygen atoms in total. The maximum Gasteiger partial charge on any atom is 0.317 e. The number of rotatable bonds is 4. The van der Waals surface area contributed by atoms with Crippen LogP contribution < -0.4 is 5.32 Å². The summed E-state index contributed by atoms with van der Waals surface area (Å²) in [6, 6.07) is 8.69. The van der Waals surface area contributed by atoms with Crippen LogP contribution >= 0.6 is 0 Å². The van der Waals surface area contributed by atoms with Gasteiger partial charge in [-0.1, -0.05) is 29.8 Å². The number of aryl methyl sites for hydroxylation is 2. The molecule has 2 fully saturated rings. The number of hydrogen-bond acceptors (Lipinski definition) is 2. The lowest BCUT2D eigenvalue weighted by atomic mass is 9.84. The van der Waals surface area contributed by atoms with Crippen molar-refractivity contribution in [3.05, 3.63) is 35.4 Å². The van der Waals surface area contributed by atoms with Gasteiger partial charge in [0.25, 0.3) is 0 Å². The average Bonchev–Trinajstić information content (AvgIpc) is 2.51. The molecule has 0 atom stereocenters. The van der Waals surface area contributed by atoms with Crippen molar-refractivity contribution in [3.8, 4) is 0 Å². The van der Waals surface area contributed by atoms with Crippen molar-refractivity contribution < 1.29 is 9.53 Å². The lowest BCUT2D eigenvalue weighted by molar-refractivity contribution is -0.169. The van der Waals surface area contributed by atoms with Crippen molar-refractivity contribution in [1.82, 2.24) is 10.2 Å². The van der Waals surface area contributed by atoms with Gasteiger partial charge < -0.3 is 15.0 Å². The van der Waals surface area contributed by atoms with Crippen LogP contribution in [0.4, 0.5) is 4.79 Å². The van der Waals surface area contributed by atoms with Gasteiger partial charge in [0.1, 0.15) is 0 Å². The largest absolute Gasteiger partial charge is 0.375 e. The van der Waals surface area contributed by atoms with E-state index in [1.54, 1.807) is 0 Å². The van der Waals surface area contributed by atoms with Gasteiger partial charge in [-0.2, -0.15) is 0 Å². The van der Waals surface area contributed by atoms with E-state index in [1.165, 1.54) is 17.5 Å². The van der Waals surface area contributed by atoms with E-state index in [0.717, 1.165) is 51.9 Å². The Labute approximate surface area is 132 Å². The van der Waals surface area contributed by atoms with Crippen LogP contribution in [0.2, 0.25) is 0 Å². The van der Waals surface area contributed by atoms with Crippen LogP contribution in [0.25, 0.3) is 0 Å². The molecular formula is C18H26N2O2. The van der Waals surface area contributed by atoms with Gasteiger partial charge >= 0.3 is 6.03 Å². The molecule has 2 aliphatic heterocycles. The minimum Gasteiger partial charge on any atom is -0.375 e. The van der Waals surface area contributed by atoms with Gasteiger partial charge in [0.05, 0.1) is 12.2 Å². The molecule has 0 unspecified atom stereocenters. The lowest BCUT2D eigenvalue weighted by Crippen LogP contribution is -2.55. The Balaban J connectivity index is 1.33. The van der Waals surface area contributed by atoms with E-state index in [1.807, 2.05) is 4.90 Å². The number of carbonyl (C=O) groups excluding carboxylic acids is 1. The molecule has 1 aromatic carbocycles. The Morgan fingerprint density at radius 1 is 1.23 bits per heavy atom. The number of nitrogens with zero attached hydrogens (tertiary/aromatic N) is 1. The molecule has 1 N–H and O–H groups in total. The zero-order valence-corrected chi connectivity index (χ0v) is 13.4. The summed E-state index contributed by atoms with van der Waals surface area (Å²) in [5, 5.41) is 3.04. The number of amides is 2. The van der Waals surface area contributed by atoms with E-state index in [-0.39, 0.29) is 11.6 Å². The second kappa shape index (κ2) is 6.69. The van der Waals surface area contributed by atoms with Gasteiger partial charge in [-0.3, -0.25) is 0 Å². The van der Waals surface area contributed by atoms with Crippen molar-refractivity contribution in [2.24, 2.45) is 0 Å². The topological polar surface area (TPSA) is 41.6 Å². The molecule has 2 saturated heterocycles. The Hall–Kier alpha value is -1.55. The zero-order valence-electron chi connectivity index (χ0n) is 13.4. The van der Waals surface area contributed by atoms with Crippen LogP contribution in [0.1, 0.15) is 36.8 Å². The number of carbonyl (C=O) groups is 1. The normalized spacial score (nSPS) is 19.8. The molecule has 1 aromatic rings. The second-order valence-corrected chi connectivity index (χ2v) is 6.59. The van der Waals surface area contributed by atoms with E-state index in [2.05, 4.69) is 36.5 Å². The fourth-order valence-electron chi connectivity index (χ4n) is 3.26. The smallest absolute Gasteiger partial charge is 0.317 e. The highest BCUT2D eigenvalue weighted by atomic mass is 16.5. The van der Waals surface area contributed by atoms with E-state index in [9.17, 15) is 4.79 Å². The summed E-state index contributed by atoms with van der Waals surface area (Å²) in [4.78, 5) is 14.1. The Morgan fingerprint density at radius 3 is 2.50 bits per heavy atom. The van der Waals surface area contributed by atoms with Crippen LogP contribution in [0.5, 0.6) is 0 Å². The van der Waals surface area contributed by atoms with Crippen molar-refractivity contribution in [2.45, 2.75) is 44.6 Å². The lowest BCUT2D eigenvalue weighted by Gasteiger charge is -2.47. The summed E-state index contributed by atoms with van der Waals surface area (Å²) in [7, 11) is 0. The molecule has 1 spiro atoms. The third-order valence-electron chi connectivity index (χ3n) is 4.97. The fraction of sp³-hybridized carbons (Fsp3) is 0.611. The van der Waals surface area contributed by atoms with Crippen LogP contribution in [-0.4, -0.2) is 42.8 Å². The summed E-state index contributed by atoms with van der Waals surface area (Å²) in [6.45, 7) is 5.38. The summed E-state index contributed by atoms with van der Waals surface area (Å²) in [5.74, 6) is 0. The van der Waals surface area contributed by atoms with Gasteiger partial charge in [-0.15, -0.1) is 0 Å². The predicted molar refractivity (Wildman–Crippen MR) is 87.0 cm³/mol. The first-order valence-corrected chi connectivity index (χ1v) is 8.39. The van der Waals surface area contributed by atoms with Crippen molar-refractivity contribution in [3.63, 3.8) is 0 Å². The molecule has 0 saturated carbocycles. The maximum atomic E-state index is 12.1. The SMILES string of the molecule is Cc1ccc(CCCNC(=O)N2CCC3(CCO3)CC2)cc1. The summed E-state index contributed by atoms with van der Waals surface area (Å²) in [6.07, 6.45) is 5.14. The summed E-state index contributed by atoms with van der Waals surface area (Å²) >= 11 is 0. The van der Waals surface area contributed by atoms with Gasteiger partial charge in [-0.25, -0.2) is 4.79 Å². The van der Waals surface area contributed by atoms with E-state index in [0.29, 0.717) is 0 Å². The molecule has 2 amide bonds. The van der Waals surface area contributed by atoms with E-state index >= 15 is 0 Å². The molecule has 0 radical (unpaired) electrons.